The average Bonchev–Trinajstić information content (AvgIpc) is 2.79. The van der Waals surface area contributed by atoms with Gasteiger partial charge in [-0.1, -0.05) is 60.1 Å². The molecular formula is C31H50O4. The van der Waals surface area contributed by atoms with Gasteiger partial charge in [0, 0.05) is 5.92 Å². The normalized spacial score (nSPS) is 52.2. The van der Waals surface area contributed by atoms with E-state index in [1.807, 2.05) is 0 Å². The minimum Gasteiger partial charge on any atom is -0.469 e. The Labute approximate surface area is 213 Å². The van der Waals surface area contributed by atoms with E-state index in [-0.39, 0.29) is 45.1 Å². The zero-order valence-electron chi connectivity index (χ0n) is 23.5. The molecule has 2 N–H and O–H groups in total. The van der Waals surface area contributed by atoms with E-state index in [4.69, 9.17) is 4.74 Å². The number of esters is 1. The number of hydrogen-bond acceptors (Lipinski definition) is 4. The molecule has 5 rings (SSSR count). The van der Waals surface area contributed by atoms with Crippen molar-refractivity contribution < 1.29 is 19.7 Å². The summed E-state index contributed by atoms with van der Waals surface area (Å²) in [6.07, 6.45) is 10.4. The van der Waals surface area contributed by atoms with Gasteiger partial charge in [0.1, 0.15) is 0 Å². The van der Waals surface area contributed by atoms with Crippen molar-refractivity contribution in [3.05, 3.63) is 11.6 Å². The number of methoxy groups -OCH3 is 1. The van der Waals surface area contributed by atoms with Crippen LogP contribution in [0.2, 0.25) is 0 Å². The molecule has 0 unspecified atom stereocenters. The molecule has 0 aromatic rings. The molecule has 5 aliphatic rings. The molecule has 0 amide bonds. The summed E-state index contributed by atoms with van der Waals surface area (Å²) in [4.78, 5) is 13.4. The second-order valence-corrected chi connectivity index (χ2v) is 15.2. The third-order valence-electron chi connectivity index (χ3n) is 13.4. The molecule has 0 saturated heterocycles. The minimum absolute atomic E-state index is 0.0410. The van der Waals surface area contributed by atoms with Crippen molar-refractivity contribution in [2.24, 2.45) is 50.2 Å². The van der Waals surface area contributed by atoms with Crippen LogP contribution in [0.3, 0.4) is 0 Å². The molecule has 9 atom stereocenters. The monoisotopic (exact) mass is 486 g/mol. The summed E-state index contributed by atoms with van der Waals surface area (Å²) in [5.41, 5.74) is 0.746. The van der Waals surface area contributed by atoms with Crippen LogP contribution in [0.25, 0.3) is 0 Å². The summed E-state index contributed by atoms with van der Waals surface area (Å²) in [6, 6.07) is 0. The van der Waals surface area contributed by atoms with E-state index in [1.165, 1.54) is 12.7 Å². The fraction of sp³-hybridized carbons (Fsp3) is 0.903. The van der Waals surface area contributed by atoms with E-state index >= 15 is 0 Å². The Morgan fingerprint density at radius 1 is 0.886 bits per heavy atom. The molecule has 4 saturated carbocycles. The third kappa shape index (κ3) is 3.02. The van der Waals surface area contributed by atoms with Gasteiger partial charge in [-0.25, -0.2) is 0 Å². The van der Waals surface area contributed by atoms with Gasteiger partial charge < -0.3 is 14.9 Å². The van der Waals surface area contributed by atoms with Crippen LogP contribution in [0.15, 0.2) is 11.6 Å². The number of hydrogen-bond donors (Lipinski definition) is 2. The quantitative estimate of drug-likeness (QED) is 0.337. The van der Waals surface area contributed by atoms with Crippen molar-refractivity contribution in [1.82, 2.24) is 0 Å². The van der Waals surface area contributed by atoms with Gasteiger partial charge >= 0.3 is 5.97 Å². The predicted molar refractivity (Wildman–Crippen MR) is 138 cm³/mol. The van der Waals surface area contributed by atoms with Crippen LogP contribution in [0.1, 0.15) is 106 Å². The van der Waals surface area contributed by atoms with Crippen molar-refractivity contribution in [2.45, 2.75) is 118 Å². The Balaban J connectivity index is 1.63. The lowest BCUT2D eigenvalue weighted by Gasteiger charge is -2.71. The van der Waals surface area contributed by atoms with E-state index in [9.17, 15) is 15.0 Å². The molecule has 5 aliphatic carbocycles. The first-order valence-electron chi connectivity index (χ1n) is 14.3. The summed E-state index contributed by atoms with van der Waals surface area (Å²) < 4.78 is 5.43. The zero-order valence-corrected chi connectivity index (χ0v) is 23.5. The molecule has 198 valence electrons. The topological polar surface area (TPSA) is 66.8 Å². The lowest BCUT2D eigenvalue weighted by atomic mass is 9.33. The van der Waals surface area contributed by atoms with Gasteiger partial charge in [-0.15, -0.1) is 0 Å². The Hall–Kier alpha value is -0.870. The van der Waals surface area contributed by atoms with Crippen LogP contribution >= 0.6 is 0 Å². The summed E-state index contributed by atoms with van der Waals surface area (Å²) >= 11 is 0. The molecule has 4 heteroatoms. The molecule has 4 nitrogen and oxygen atoms in total. The first-order valence-corrected chi connectivity index (χ1v) is 14.3. The lowest BCUT2D eigenvalue weighted by molar-refractivity contribution is -0.213. The number of aliphatic hydroxyl groups excluding tert-OH is 2. The maximum atomic E-state index is 13.4. The Morgan fingerprint density at radius 2 is 1.54 bits per heavy atom. The molecule has 0 aliphatic heterocycles. The number of carbonyl (C=O) groups is 1. The standard InChI is InChI=1S/C31H50O4/c1-26(2)15-17-31(25(34)35-8)18-16-29(6)19(23(31)24(26)33)9-10-21-28(5)13-12-22(32)27(3,4)20(28)11-14-30(21,29)7/h9,20-24,32-33H,10-18H2,1-8H3/t20-,21-,22-,23-,24+,28+,29-,30-,31+/m1/s1. The van der Waals surface area contributed by atoms with Crippen molar-refractivity contribution in [3.63, 3.8) is 0 Å². The van der Waals surface area contributed by atoms with Crippen LogP contribution in [0.5, 0.6) is 0 Å². The summed E-state index contributed by atoms with van der Waals surface area (Å²) in [5, 5.41) is 22.8. The van der Waals surface area contributed by atoms with Crippen molar-refractivity contribution in [3.8, 4) is 0 Å². The second-order valence-electron chi connectivity index (χ2n) is 15.2. The highest BCUT2D eigenvalue weighted by molar-refractivity contribution is 5.79. The molecule has 35 heavy (non-hydrogen) atoms. The minimum atomic E-state index is -0.601. The van der Waals surface area contributed by atoms with Gasteiger partial charge in [-0.2, -0.15) is 0 Å². The largest absolute Gasteiger partial charge is 0.469 e. The summed E-state index contributed by atoms with van der Waals surface area (Å²) in [6.45, 7) is 16.4. The summed E-state index contributed by atoms with van der Waals surface area (Å²) in [7, 11) is 1.52. The highest BCUT2D eigenvalue weighted by atomic mass is 16.5. The third-order valence-corrected chi connectivity index (χ3v) is 13.4. The predicted octanol–water partition coefficient (Wildman–Crippen LogP) is 6.29. The summed E-state index contributed by atoms with van der Waals surface area (Å²) in [5.74, 6) is 0.789. The fourth-order valence-electron chi connectivity index (χ4n) is 10.8. The number of fused-ring (bicyclic) bond motifs is 7. The van der Waals surface area contributed by atoms with Crippen LogP contribution in [-0.4, -0.2) is 35.5 Å². The van der Waals surface area contributed by atoms with E-state index in [2.05, 4.69) is 54.5 Å². The number of allylic oxidation sites excluding steroid dienone is 1. The second kappa shape index (κ2) is 7.59. The maximum absolute atomic E-state index is 13.4. The molecule has 0 spiro atoms. The van der Waals surface area contributed by atoms with Gasteiger partial charge in [0.05, 0.1) is 24.7 Å². The maximum Gasteiger partial charge on any atom is 0.312 e. The Kier molecular flexibility index (Phi) is 5.59. The van der Waals surface area contributed by atoms with Gasteiger partial charge in [0.15, 0.2) is 0 Å². The molecule has 0 bridgehead atoms. The van der Waals surface area contributed by atoms with E-state index in [0.29, 0.717) is 11.8 Å². The highest BCUT2D eigenvalue weighted by Gasteiger charge is 2.70. The first-order chi connectivity index (χ1) is 16.1. The lowest BCUT2D eigenvalue weighted by Crippen LogP contribution is -2.66. The molecule has 0 aromatic carbocycles. The molecule has 0 radical (unpaired) electrons. The van der Waals surface area contributed by atoms with Gasteiger partial charge in [0.2, 0.25) is 0 Å². The van der Waals surface area contributed by atoms with Crippen LogP contribution in [0.4, 0.5) is 0 Å². The van der Waals surface area contributed by atoms with Gasteiger partial charge in [-0.05, 0) is 96.7 Å². The van der Waals surface area contributed by atoms with Gasteiger partial charge in [0.25, 0.3) is 0 Å². The van der Waals surface area contributed by atoms with Gasteiger partial charge in [-0.3, -0.25) is 4.79 Å². The van der Waals surface area contributed by atoms with E-state index < -0.39 is 11.5 Å². The number of ether oxygens (including phenoxy) is 1. The van der Waals surface area contributed by atoms with Crippen LogP contribution in [0, 0.1) is 50.2 Å². The van der Waals surface area contributed by atoms with Crippen molar-refractivity contribution >= 4 is 5.97 Å². The van der Waals surface area contributed by atoms with Crippen molar-refractivity contribution in [2.75, 3.05) is 7.11 Å². The zero-order chi connectivity index (χ0) is 25.8. The van der Waals surface area contributed by atoms with Crippen LogP contribution in [-0.2, 0) is 9.53 Å². The SMILES string of the molecule is COC(=O)[C@]12CCC(C)(C)[C@@H](O)[C@H]1C1=CC[C@@H]3[C@@]4(C)CC[C@@H](O)C(C)(C)[C@H]4CC[C@@]3(C)[C@]1(C)CC2. The van der Waals surface area contributed by atoms with Crippen LogP contribution < -0.4 is 0 Å². The number of carbonyl (C=O) groups excluding carboxylic acids is 1. The Morgan fingerprint density at radius 3 is 2.20 bits per heavy atom. The van der Waals surface area contributed by atoms with E-state index in [0.717, 1.165) is 57.8 Å². The molecule has 0 heterocycles. The molecule has 0 aromatic heterocycles. The average molecular weight is 487 g/mol. The van der Waals surface area contributed by atoms with Crippen molar-refractivity contribution in [1.29, 1.82) is 0 Å². The first kappa shape index (κ1) is 25.8. The number of aliphatic hydroxyl groups is 2. The van der Waals surface area contributed by atoms with E-state index in [1.54, 1.807) is 0 Å². The molecular weight excluding hydrogens is 436 g/mol. The molecule has 4 fully saturated rings. The highest BCUT2D eigenvalue weighted by Crippen LogP contribution is 2.75. The smallest absolute Gasteiger partial charge is 0.312 e. The fourth-order valence-corrected chi connectivity index (χ4v) is 10.8. The number of rotatable bonds is 1. The Bertz CT molecular complexity index is 934.